The summed E-state index contributed by atoms with van der Waals surface area (Å²) in [4.78, 5) is 29.5. The van der Waals surface area contributed by atoms with Crippen molar-refractivity contribution < 1.29 is 14.3 Å². The van der Waals surface area contributed by atoms with E-state index in [0.29, 0.717) is 31.2 Å². The number of nitrogen functional groups attached to an aromatic ring is 1. The summed E-state index contributed by atoms with van der Waals surface area (Å²) in [6, 6.07) is 0. The Bertz CT molecular complexity index is 513. The standard InChI is InChI=1S/C12H19N5O3S/c1-8(18)14-2-3-15-11(19)9-10(13)16-12(21-9)17-4-6-20-7-5-17/h2-7,13H2,1H3,(H,14,18)(H,15,19). The fraction of sp³-hybridized carbons (Fsp3) is 0.583. The molecule has 0 spiro atoms. The summed E-state index contributed by atoms with van der Waals surface area (Å²) in [6.07, 6.45) is 0. The summed E-state index contributed by atoms with van der Waals surface area (Å²) < 4.78 is 5.28. The Kier molecular flexibility index (Phi) is 5.34. The van der Waals surface area contributed by atoms with Crippen LogP contribution in [-0.2, 0) is 9.53 Å². The van der Waals surface area contributed by atoms with Crippen LogP contribution in [0.3, 0.4) is 0 Å². The minimum absolute atomic E-state index is 0.129. The number of hydrogen-bond donors (Lipinski definition) is 3. The molecule has 21 heavy (non-hydrogen) atoms. The van der Waals surface area contributed by atoms with E-state index in [-0.39, 0.29) is 17.6 Å². The second-order valence-electron chi connectivity index (χ2n) is 4.55. The van der Waals surface area contributed by atoms with Gasteiger partial charge in [-0.2, -0.15) is 0 Å². The van der Waals surface area contributed by atoms with Crippen molar-refractivity contribution in [2.45, 2.75) is 6.92 Å². The lowest BCUT2D eigenvalue weighted by Crippen LogP contribution is -2.36. The predicted octanol–water partition coefficient (Wildman–Crippen LogP) is -0.572. The van der Waals surface area contributed by atoms with Crippen LogP contribution in [0.2, 0.25) is 0 Å². The average molecular weight is 313 g/mol. The number of carbonyl (C=O) groups is 2. The van der Waals surface area contributed by atoms with E-state index in [1.807, 2.05) is 0 Å². The van der Waals surface area contributed by atoms with Gasteiger partial charge >= 0.3 is 0 Å². The van der Waals surface area contributed by atoms with Gasteiger partial charge in [-0.15, -0.1) is 0 Å². The van der Waals surface area contributed by atoms with Crippen molar-refractivity contribution >= 4 is 34.1 Å². The summed E-state index contributed by atoms with van der Waals surface area (Å²) in [5, 5.41) is 6.05. The number of nitrogens with zero attached hydrogens (tertiary/aromatic N) is 2. The number of nitrogens with one attached hydrogen (secondary N) is 2. The summed E-state index contributed by atoms with van der Waals surface area (Å²) in [6.45, 7) is 4.96. The third kappa shape index (κ3) is 4.30. The second kappa shape index (κ2) is 7.23. The van der Waals surface area contributed by atoms with Gasteiger partial charge in [-0.25, -0.2) is 4.98 Å². The SMILES string of the molecule is CC(=O)NCCNC(=O)c1sc(N2CCOCC2)nc1N. The Morgan fingerprint density at radius 3 is 2.67 bits per heavy atom. The molecule has 0 aromatic carbocycles. The molecule has 0 atom stereocenters. The lowest BCUT2D eigenvalue weighted by molar-refractivity contribution is -0.118. The number of thiazole rings is 1. The quantitative estimate of drug-likeness (QED) is 0.628. The maximum atomic E-state index is 12.0. The van der Waals surface area contributed by atoms with E-state index in [1.165, 1.54) is 18.3 Å². The van der Waals surface area contributed by atoms with Gasteiger partial charge in [-0.3, -0.25) is 9.59 Å². The second-order valence-corrected chi connectivity index (χ2v) is 5.53. The Hall–Kier alpha value is -1.87. The van der Waals surface area contributed by atoms with Crippen molar-refractivity contribution in [3.8, 4) is 0 Å². The van der Waals surface area contributed by atoms with Crippen molar-refractivity contribution in [3.63, 3.8) is 0 Å². The number of rotatable bonds is 5. The fourth-order valence-electron chi connectivity index (χ4n) is 1.87. The zero-order valence-corrected chi connectivity index (χ0v) is 12.7. The summed E-state index contributed by atoms with van der Waals surface area (Å²) >= 11 is 1.27. The zero-order chi connectivity index (χ0) is 15.2. The van der Waals surface area contributed by atoms with Crippen molar-refractivity contribution in [1.82, 2.24) is 15.6 Å². The van der Waals surface area contributed by atoms with Crippen molar-refractivity contribution in [2.24, 2.45) is 0 Å². The number of ether oxygens (including phenoxy) is 1. The predicted molar refractivity (Wildman–Crippen MR) is 80.6 cm³/mol. The van der Waals surface area contributed by atoms with E-state index >= 15 is 0 Å². The molecule has 1 aromatic rings. The Morgan fingerprint density at radius 1 is 1.33 bits per heavy atom. The van der Waals surface area contributed by atoms with Crippen LogP contribution in [0.25, 0.3) is 0 Å². The number of nitrogens with two attached hydrogens (primary N) is 1. The molecule has 0 radical (unpaired) electrons. The van der Waals surface area contributed by atoms with Crippen molar-refractivity contribution in [1.29, 1.82) is 0 Å². The molecule has 0 saturated carbocycles. The van der Waals surface area contributed by atoms with Crippen LogP contribution in [0.4, 0.5) is 10.9 Å². The first-order valence-corrected chi connectivity index (χ1v) is 7.51. The number of hydrogen-bond acceptors (Lipinski definition) is 7. The zero-order valence-electron chi connectivity index (χ0n) is 11.8. The molecular formula is C12H19N5O3S. The first-order valence-electron chi connectivity index (χ1n) is 6.69. The molecule has 2 amide bonds. The number of morpholine rings is 1. The normalized spacial score (nSPS) is 14.8. The van der Waals surface area contributed by atoms with Crippen LogP contribution in [0.15, 0.2) is 0 Å². The highest BCUT2D eigenvalue weighted by Crippen LogP contribution is 2.28. The van der Waals surface area contributed by atoms with E-state index in [0.717, 1.165) is 18.2 Å². The van der Waals surface area contributed by atoms with Crippen LogP contribution < -0.4 is 21.3 Å². The molecule has 1 aromatic heterocycles. The van der Waals surface area contributed by atoms with Crippen LogP contribution in [0.5, 0.6) is 0 Å². The number of anilines is 2. The average Bonchev–Trinajstić information content (AvgIpc) is 2.86. The molecule has 8 nitrogen and oxygen atoms in total. The molecule has 9 heteroatoms. The van der Waals surface area contributed by atoms with Crippen molar-refractivity contribution in [3.05, 3.63) is 4.88 Å². The first-order chi connectivity index (χ1) is 10.1. The molecule has 2 rings (SSSR count). The molecule has 1 aliphatic heterocycles. The highest BCUT2D eigenvalue weighted by molar-refractivity contribution is 7.18. The van der Waals surface area contributed by atoms with Gasteiger partial charge in [-0.05, 0) is 0 Å². The molecule has 0 aliphatic carbocycles. The molecular weight excluding hydrogens is 294 g/mol. The van der Waals surface area contributed by atoms with Gasteiger partial charge in [0.2, 0.25) is 5.91 Å². The summed E-state index contributed by atoms with van der Waals surface area (Å²) in [5.41, 5.74) is 5.81. The molecule has 2 heterocycles. The van der Waals surface area contributed by atoms with Gasteiger partial charge in [0.1, 0.15) is 10.7 Å². The smallest absolute Gasteiger partial charge is 0.265 e. The topological polar surface area (TPSA) is 110 Å². The number of amides is 2. The van der Waals surface area contributed by atoms with E-state index in [4.69, 9.17) is 10.5 Å². The minimum atomic E-state index is -0.269. The van der Waals surface area contributed by atoms with Gasteiger partial charge in [-0.1, -0.05) is 11.3 Å². The molecule has 1 saturated heterocycles. The van der Waals surface area contributed by atoms with Crippen LogP contribution >= 0.6 is 11.3 Å². The van der Waals surface area contributed by atoms with Gasteiger partial charge in [0.15, 0.2) is 5.13 Å². The van der Waals surface area contributed by atoms with Gasteiger partial charge < -0.3 is 26.0 Å². The largest absolute Gasteiger partial charge is 0.382 e. The maximum Gasteiger partial charge on any atom is 0.265 e. The van der Waals surface area contributed by atoms with E-state index < -0.39 is 0 Å². The Morgan fingerprint density at radius 2 is 2.00 bits per heavy atom. The van der Waals surface area contributed by atoms with Gasteiger partial charge in [0.25, 0.3) is 5.91 Å². The number of aromatic nitrogens is 1. The third-order valence-electron chi connectivity index (χ3n) is 2.91. The molecule has 0 unspecified atom stereocenters. The van der Waals surface area contributed by atoms with E-state index in [2.05, 4.69) is 20.5 Å². The summed E-state index contributed by atoms with van der Waals surface area (Å²) in [5.74, 6) is -0.162. The lowest BCUT2D eigenvalue weighted by Gasteiger charge is -2.25. The van der Waals surface area contributed by atoms with E-state index in [1.54, 1.807) is 0 Å². The summed E-state index contributed by atoms with van der Waals surface area (Å²) in [7, 11) is 0. The maximum absolute atomic E-state index is 12.0. The van der Waals surface area contributed by atoms with Crippen LogP contribution in [0.1, 0.15) is 16.6 Å². The fourth-order valence-corrected chi connectivity index (χ4v) is 2.82. The Labute approximate surface area is 126 Å². The van der Waals surface area contributed by atoms with E-state index in [9.17, 15) is 9.59 Å². The van der Waals surface area contributed by atoms with Crippen LogP contribution in [-0.4, -0.2) is 56.2 Å². The third-order valence-corrected chi connectivity index (χ3v) is 4.05. The monoisotopic (exact) mass is 313 g/mol. The molecule has 1 fully saturated rings. The molecule has 4 N–H and O–H groups in total. The minimum Gasteiger partial charge on any atom is -0.382 e. The van der Waals surface area contributed by atoms with Crippen LogP contribution in [0, 0.1) is 0 Å². The molecule has 1 aliphatic rings. The Balaban J connectivity index is 1.91. The van der Waals surface area contributed by atoms with Gasteiger partial charge in [0.05, 0.1) is 13.2 Å². The highest BCUT2D eigenvalue weighted by atomic mass is 32.1. The van der Waals surface area contributed by atoms with Crippen molar-refractivity contribution in [2.75, 3.05) is 50.0 Å². The van der Waals surface area contributed by atoms with Gasteiger partial charge in [0, 0.05) is 33.1 Å². The molecule has 0 bridgehead atoms. The number of carbonyl (C=O) groups excluding carboxylic acids is 2. The lowest BCUT2D eigenvalue weighted by atomic mass is 10.4. The highest BCUT2D eigenvalue weighted by Gasteiger charge is 2.20. The molecule has 116 valence electrons. The first kappa shape index (κ1) is 15.5.